The first-order valence-electron chi connectivity index (χ1n) is 10.5. The van der Waals surface area contributed by atoms with Gasteiger partial charge in [0.2, 0.25) is 0 Å². The summed E-state index contributed by atoms with van der Waals surface area (Å²) in [6.07, 6.45) is 4.55. The molecule has 0 heterocycles. The molecule has 0 bridgehead atoms. The summed E-state index contributed by atoms with van der Waals surface area (Å²) in [6.45, 7) is 5.60. The van der Waals surface area contributed by atoms with Crippen molar-refractivity contribution in [3.05, 3.63) is 64.7 Å². The molecule has 0 aromatic heterocycles. The molecule has 1 N–H and O–H groups in total. The van der Waals surface area contributed by atoms with Crippen LogP contribution in [0.4, 0.5) is 5.69 Å². The summed E-state index contributed by atoms with van der Waals surface area (Å²) in [5.41, 5.74) is 4.42. The van der Waals surface area contributed by atoms with E-state index in [2.05, 4.69) is 12.2 Å². The first-order chi connectivity index (χ1) is 14.4. The van der Waals surface area contributed by atoms with Gasteiger partial charge < -0.3 is 10.1 Å². The fraction of sp³-hybridized carbons (Fsp3) is 0.400. The predicted molar refractivity (Wildman–Crippen MR) is 119 cm³/mol. The van der Waals surface area contributed by atoms with E-state index >= 15 is 0 Å². The summed E-state index contributed by atoms with van der Waals surface area (Å²) in [7, 11) is 0. The Morgan fingerprint density at radius 3 is 2.20 bits per heavy atom. The highest BCUT2D eigenvalue weighted by molar-refractivity contribution is 5.98. The van der Waals surface area contributed by atoms with E-state index in [4.69, 9.17) is 4.74 Å². The molecule has 5 nitrogen and oxygen atoms in total. The second-order valence-corrected chi connectivity index (χ2v) is 7.55. The lowest BCUT2D eigenvalue weighted by Crippen LogP contribution is -2.22. The average Bonchev–Trinajstić information content (AvgIpc) is 2.74. The molecule has 0 atom stereocenters. The van der Waals surface area contributed by atoms with Crippen molar-refractivity contribution in [2.45, 2.75) is 59.3 Å². The van der Waals surface area contributed by atoms with E-state index in [0.29, 0.717) is 5.56 Å². The van der Waals surface area contributed by atoms with Crippen LogP contribution in [0.25, 0.3) is 0 Å². The van der Waals surface area contributed by atoms with Crippen LogP contribution in [0.1, 0.15) is 66.1 Å². The molecule has 0 fully saturated rings. The molecule has 0 aliphatic carbocycles. The number of unbranched alkanes of at least 4 members (excludes halogenated alkanes) is 2. The zero-order valence-electron chi connectivity index (χ0n) is 18.1. The van der Waals surface area contributed by atoms with Gasteiger partial charge in [-0.3, -0.25) is 14.4 Å². The monoisotopic (exact) mass is 409 g/mol. The van der Waals surface area contributed by atoms with Gasteiger partial charge in [0.25, 0.3) is 5.91 Å². The second-order valence-electron chi connectivity index (χ2n) is 7.55. The Labute approximate surface area is 178 Å². The normalized spacial score (nSPS) is 10.5. The Kier molecular flexibility index (Phi) is 9.26. The number of carbonyl (C=O) groups is 3. The minimum atomic E-state index is -0.559. The first-order valence-corrected chi connectivity index (χ1v) is 10.5. The Bertz CT molecular complexity index is 851. The Balaban J connectivity index is 1.73. The zero-order valence-corrected chi connectivity index (χ0v) is 18.1. The Morgan fingerprint density at radius 1 is 0.900 bits per heavy atom. The van der Waals surface area contributed by atoms with Crippen molar-refractivity contribution in [3.8, 4) is 0 Å². The molecule has 5 heteroatoms. The van der Waals surface area contributed by atoms with Gasteiger partial charge in [-0.1, -0.05) is 62.2 Å². The highest BCUT2D eigenvalue weighted by Gasteiger charge is 2.13. The van der Waals surface area contributed by atoms with E-state index in [1.54, 1.807) is 0 Å². The lowest BCUT2D eigenvalue weighted by Gasteiger charge is -2.11. The number of ketones is 1. The number of amides is 1. The summed E-state index contributed by atoms with van der Waals surface area (Å²) in [5, 5.41) is 2.76. The average molecular weight is 410 g/mol. The Hall–Kier alpha value is -2.95. The van der Waals surface area contributed by atoms with Crippen molar-refractivity contribution in [2.24, 2.45) is 0 Å². The fourth-order valence-electron chi connectivity index (χ4n) is 3.20. The molecule has 30 heavy (non-hydrogen) atoms. The van der Waals surface area contributed by atoms with Crippen LogP contribution >= 0.6 is 0 Å². The standard InChI is InChI=1S/C25H31NO4/c1-4-5-6-10-20-11-13-21(14-12-20)22(27)15-16-24(29)30-17-23(28)26-25-18(2)8-7-9-19(25)3/h7-9,11-14H,4-6,10,15-17H2,1-3H3,(H,26,28). The molecule has 0 radical (unpaired) electrons. The summed E-state index contributed by atoms with van der Waals surface area (Å²) < 4.78 is 5.01. The molecule has 2 aromatic rings. The molecule has 2 rings (SSSR count). The third kappa shape index (κ3) is 7.47. The molecule has 1 amide bonds. The van der Waals surface area contributed by atoms with E-state index in [-0.39, 0.29) is 25.2 Å². The van der Waals surface area contributed by atoms with Gasteiger partial charge in [0, 0.05) is 17.7 Å². The minimum Gasteiger partial charge on any atom is -0.456 e. The predicted octanol–water partition coefficient (Wildman–Crippen LogP) is 5.18. The number of ether oxygens (including phenoxy) is 1. The van der Waals surface area contributed by atoms with Crippen LogP contribution in [0.3, 0.4) is 0 Å². The van der Waals surface area contributed by atoms with Crippen molar-refractivity contribution < 1.29 is 19.1 Å². The summed E-state index contributed by atoms with van der Waals surface area (Å²) in [5.74, 6) is -1.06. The van der Waals surface area contributed by atoms with E-state index in [0.717, 1.165) is 29.7 Å². The van der Waals surface area contributed by atoms with Crippen LogP contribution in [0.2, 0.25) is 0 Å². The van der Waals surface area contributed by atoms with Crippen molar-refractivity contribution in [2.75, 3.05) is 11.9 Å². The number of rotatable bonds is 11. The number of esters is 1. The highest BCUT2D eigenvalue weighted by atomic mass is 16.5. The SMILES string of the molecule is CCCCCc1ccc(C(=O)CCC(=O)OCC(=O)Nc2c(C)cccc2C)cc1. The van der Waals surface area contributed by atoms with Gasteiger partial charge in [-0.2, -0.15) is 0 Å². The smallest absolute Gasteiger partial charge is 0.306 e. The maximum Gasteiger partial charge on any atom is 0.306 e. The van der Waals surface area contributed by atoms with Gasteiger partial charge in [-0.15, -0.1) is 0 Å². The van der Waals surface area contributed by atoms with Gasteiger partial charge in [0.05, 0.1) is 6.42 Å². The molecule has 160 valence electrons. The number of anilines is 1. The molecule has 0 spiro atoms. The van der Waals surface area contributed by atoms with Crippen LogP contribution in [-0.2, 0) is 20.7 Å². The lowest BCUT2D eigenvalue weighted by atomic mass is 10.0. The third-order valence-electron chi connectivity index (χ3n) is 5.01. The minimum absolute atomic E-state index is 0.0479. The number of carbonyl (C=O) groups excluding carboxylic acids is 3. The topological polar surface area (TPSA) is 72.5 Å². The van der Waals surface area contributed by atoms with Crippen LogP contribution in [0.5, 0.6) is 0 Å². The number of aryl methyl sites for hydroxylation is 3. The zero-order chi connectivity index (χ0) is 21.9. The van der Waals surface area contributed by atoms with E-state index in [1.165, 1.54) is 18.4 Å². The number of hydrogen-bond acceptors (Lipinski definition) is 4. The maximum absolute atomic E-state index is 12.3. The van der Waals surface area contributed by atoms with Crippen molar-refractivity contribution in [3.63, 3.8) is 0 Å². The second kappa shape index (κ2) is 11.9. The largest absolute Gasteiger partial charge is 0.456 e. The van der Waals surface area contributed by atoms with Gasteiger partial charge in [0.1, 0.15) is 0 Å². The van der Waals surface area contributed by atoms with Gasteiger partial charge >= 0.3 is 5.97 Å². The molecule has 0 aliphatic heterocycles. The highest BCUT2D eigenvalue weighted by Crippen LogP contribution is 2.19. The van der Waals surface area contributed by atoms with Crippen LogP contribution in [-0.4, -0.2) is 24.3 Å². The number of Topliss-reactive ketones (excluding diaryl/α,β-unsaturated/α-hetero) is 1. The van der Waals surface area contributed by atoms with Gasteiger partial charge in [0.15, 0.2) is 12.4 Å². The fourth-order valence-corrected chi connectivity index (χ4v) is 3.20. The van der Waals surface area contributed by atoms with Crippen molar-refractivity contribution in [1.82, 2.24) is 0 Å². The third-order valence-corrected chi connectivity index (χ3v) is 5.01. The molecular weight excluding hydrogens is 378 g/mol. The van der Waals surface area contributed by atoms with Gasteiger partial charge in [-0.25, -0.2) is 0 Å². The summed E-state index contributed by atoms with van der Waals surface area (Å²) >= 11 is 0. The van der Waals surface area contributed by atoms with E-state index in [1.807, 2.05) is 56.3 Å². The molecule has 2 aromatic carbocycles. The number of benzene rings is 2. The van der Waals surface area contributed by atoms with Gasteiger partial charge in [-0.05, 0) is 43.4 Å². The van der Waals surface area contributed by atoms with E-state index in [9.17, 15) is 14.4 Å². The molecule has 0 aliphatic rings. The Morgan fingerprint density at radius 2 is 1.57 bits per heavy atom. The molecule has 0 saturated carbocycles. The first kappa shape index (κ1) is 23.3. The lowest BCUT2D eigenvalue weighted by molar-refractivity contribution is -0.147. The molecule has 0 saturated heterocycles. The molecule has 0 unspecified atom stereocenters. The van der Waals surface area contributed by atoms with E-state index < -0.39 is 11.9 Å². The maximum atomic E-state index is 12.3. The quantitative estimate of drug-likeness (QED) is 0.315. The number of para-hydroxylation sites is 1. The van der Waals surface area contributed by atoms with Crippen LogP contribution < -0.4 is 5.32 Å². The number of nitrogens with one attached hydrogen (secondary N) is 1. The summed E-state index contributed by atoms with van der Waals surface area (Å²) in [6, 6.07) is 13.3. The van der Waals surface area contributed by atoms with Crippen molar-refractivity contribution >= 4 is 23.3 Å². The number of hydrogen-bond donors (Lipinski definition) is 1. The summed E-state index contributed by atoms with van der Waals surface area (Å²) in [4.78, 5) is 36.3. The van der Waals surface area contributed by atoms with Crippen LogP contribution in [0.15, 0.2) is 42.5 Å². The van der Waals surface area contributed by atoms with Crippen molar-refractivity contribution in [1.29, 1.82) is 0 Å². The molecular formula is C25H31NO4. The van der Waals surface area contributed by atoms with Crippen LogP contribution in [0, 0.1) is 13.8 Å².